The Bertz CT molecular complexity index is 678. The minimum absolute atomic E-state index is 0.0718. The lowest BCUT2D eigenvalue weighted by molar-refractivity contribution is 0.412. The predicted octanol–water partition coefficient (Wildman–Crippen LogP) is 3.87. The molecule has 1 saturated carbocycles. The monoisotopic (exact) mass is 280 g/mol. The molecule has 0 amide bonds. The molecule has 3 rings (SSSR count). The van der Waals surface area contributed by atoms with Gasteiger partial charge >= 0.3 is 0 Å². The van der Waals surface area contributed by atoms with E-state index in [-0.39, 0.29) is 11.6 Å². The van der Waals surface area contributed by atoms with E-state index in [0.29, 0.717) is 4.77 Å². The molecule has 1 aliphatic carbocycles. The molecule has 5 heteroatoms. The van der Waals surface area contributed by atoms with Crippen molar-refractivity contribution in [2.45, 2.75) is 38.6 Å². The molecule has 0 bridgehead atoms. The highest BCUT2D eigenvalue weighted by atomic mass is 32.1. The van der Waals surface area contributed by atoms with Crippen molar-refractivity contribution in [3.8, 4) is 0 Å². The smallest absolute Gasteiger partial charge is 0.263 e. The zero-order valence-electron chi connectivity index (χ0n) is 10.3. The Labute approximate surface area is 114 Å². The quantitative estimate of drug-likeness (QED) is 0.863. The van der Waals surface area contributed by atoms with Gasteiger partial charge in [-0.2, -0.15) is 0 Å². The van der Waals surface area contributed by atoms with Crippen LogP contribution in [-0.2, 0) is 0 Å². The number of thiophene rings is 1. The summed E-state index contributed by atoms with van der Waals surface area (Å²) in [6.45, 7) is 2.13. The average molecular weight is 280 g/mol. The maximum Gasteiger partial charge on any atom is 0.263 e. The Balaban J connectivity index is 2.13. The van der Waals surface area contributed by atoms with Crippen LogP contribution in [0, 0.1) is 10.7 Å². The normalized spacial score (nSPS) is 17.2. The van der Waals surface area contributed by atoms with E-state index in [0.717, 1.165) is 29.0 Å². The molecule has 0 aromatic carbocycles. The highest BCUT2D eigenvalue weighted by Gasteiger charge is 2.26. The van der Waals surface area contributed by atoms with E-state index in [1.165, 1.54) is 24.2 Å². The minimum atomic E-state index is 0.0718. The zero-order chi connectivity index (χ0) is 12.7. The molecular weight excluding hydrogens is 264 g/mol. The first kappa shape index (κ1) is 12.1. The standard InChI is InChI=1S/C13H16N2OS2/c1-2-9(7-8-3-4-8)15-12(16)10-5-6-18-11(10)14-13(15)17/h5-6,8-9H,2-4,7H2,1H3,(H,14,17). The second-order valence-corrected chi connectivity index (χ2v) is 6.31. The van der Waals surface area contributed by atoms with Gasteiger partial charge in [-0.05, 0) is 42.4 Å². The van der Waals surface area contributed by atoms with Crippen molar-refractivity contribution in [1.29, 1.82) is 0 Å². The molecule has 1 unspecified atom stereocenters. The summed E-state index contributed by atoms with van der Waals surface area (Å²) in [4.78, 5) is 16.6. The van der Waals surface area contributed by atoms with E-state index < -0.39 is 0 Å². The summed E-state index contributed by atoms with van der Waals surface area (Å²) < 4.78 is 2.37. The van der Waals surface area contributed by atoms with E-state index in [1.807, 2.05) is 11.4 Å². The fraction of sp³-hybridized carbons (Fsp3) is 0.538. The Kier molecular flexibility index (Phi) is 3.11. The molecule has 2 aromatic heterocycles. The third-order valence-electron chi connectivity index (χ3n) is 3.69. The second-order valence-electron chi connectivity index (χ2n) is 5.01. The van der Waals surface area contributed by atoms with Crippen molar-refractivity contribution in [2.75, 3.05) is 0 Å². The highest BCUT2D eigenvalue weighted by Crippen LogP contribution is 2.37. The van der Waals surface area contributed by atoms with Crippen LogP contribution in [0.5, 0.6) is 0 Å². The summed E-state index contributed by atoms with van der Waals surface area (Å²) in [5.74, 6) is 0.800. The molecule has 0 radical (unpaired) electrons. The van der Waals surface area contributed by atoms with E-state index in [9.17, 15) is 4.79 Å². The van der Waals surface area contributed by atoms with Crippen LogP contribution in [0.3, 0.4) is 0 Å². The van der Waals surface area contributed by atoms with Gasteiger partial charge in [-0.15, -0.1) is 11.3 Å². The van der Waals surface area contributed by atoms with Crippen LogP contribution in [0.2, 0.25) is 0 Å². The maximum atomic E-state index is 12.5. The second kappa shape index (κ2) is 4.63. The molecule has 1 atom stereocenters. The zero-order valence-corrected chi connectivity index (χ0v) is 11.9. The van der Waals surface area contributed by atoms with Gasteiger partial charge in [-0.25, -0.2) is 0 Å². The van der Waals surface area contributed by atoms with Gasteiger partial charge in [0.2, 0.25) is 0 Å². The number of nitrogens with zero attached hydrogens (tertiary/aromatic N) is 1. The van der Waals surface area contributed by atoms with Crippen molar-refractivity contribution >= 4 is 33.8 Å². The molecule has 18 heavy (non-hydrogen) atoms. The fourth-order valence-corrected chi connectivity index (χ4v) is 3.66. The number of aromatic amines is 1. The van der Waals surface area contributed by atoms with Crippen LogP contribution in [0.1, 0.15) is 38.6 Å². The lowest BCUT2D eigenvalue weighted by Gasteiger charge is -2.18. The lowest BCUT2D eigenvalue weighted by atomic mass is 10.1. The molecular formula is C13H16N2OS2. The Morgan fingerprint density at radius 2 is 2.39 bits per heavy atom. The van der Waals surface area contributed by atoms with E-state index in [1.54, 1.807) is 4.57 Å². The summed E-state index contributed by atoms with van der Waals surface area (Å²) in [6, 6.07) is 2.13. The Morgan fingerprint density at radius 1 is 1.61 bits per heavy atom. The molecule has 2 heterocycles. The number of nitrogens with one attached hydrogen (secondary N) is 1. The number of hydrogen-bond acceptors (Lipinski definition) is 3. The molecule has 1 fully saturated rings. The average Bonchev–Trinajstić information content (AvgIpc) is 3.04. The molecule has 1 N–H and O–H groups in total. The van der Waals surface area contributed by atoms with Gasteiger partial charge in [-0.1, -0.05) is 19.8 Å². The highest BCUT2D eigenvalue weighted by molar-refractivity contribution is 7.71. The van der Waals surface area contributed by atoms with Crippen LogP contribution in [0.15, 0.2) is 16.2 Å². The van der Waals surface area contributed by atoms with Gasteiger partial charge in [0.05, 0.1) is 5.39 Å². The molecule has 96 valence electrons. The third-order valence-corrected chi connectivity index (χ3v) is 4.82. The summed E-state index contributed by atoms with van der Waals surface area (Å²) in [5.41, 5.74) is 0.0718. The topological polar surface area (TPSA) is 37.8 Å². The first-order valence-corrected chi connectivity index (χ1v) is 7.71. The van der Waals surface area contributed by atoms with Gasteiger partial charge in [0.25, 0.3) is 5.56 Å². The molecule has 0 spiro atoms. The SMILES string of the molecule is CCC(CC1CC1)n1c(=S)[nH]c2sccc2c1=O. The van der Waals surface area contributed by atoms with Crippen LogP contribution in [0.25, 0.3) is 10.2 Å². The largest absolute Gasteiger partial charge is 0.323 e. The van der Waals surface area contributed by atoms with Gasteiger partial charge in [0.15, 0.2) is 4.77 Å². The fourth-order valence-electron chi connectivity index (χ4n) is 2.48. The molecule has 0 saturated heterocycles. The first-order chi connectivity index (χ1) is 8.70. The van der Waals surface area contributed by atoms with Crippen LogP contribution < -0.4 is 5.56 Å². The van der Waals surface area contributed by atoms with Gasteiger partial charge < -0.3 is 4.98 Å². The van der Waals surface area contributed by atoms with Crippen LogP contribution >= 0.6 is 23.6 Å². The summed E-state index contributed by atoms with van der Waals surface area (Å²) in [6.07, 6.45) is 4.66. The van der Waals surface area contributed by atoms with E-state index in [2.05, 4.69) is 11.9 Å². The summed E-state index contributed by atoms with van der Waals surface area (Å²) in [7, 11) is 0. The number of hydrogen-bond donors (Lipinski definition) is 1. The number of fused-ring (bicyclic) bond motifs is 1. The summed E-state index contributed by atoms with van der Waals surface area (Å²) >= 11 is 6.90. The predicted molar refractivity (Wildman–Crippen MR) is 77.9 cm³/mol. The van der Waals surface area contributed by atoms with Crippen molar-refractivity contribution in [1.82, 2.24) is 9.55 Å². The van der Waals surface area contributed by atoms with E-state index in [4.69, 9.17) is 12.2 Å². The lowest BCUT2D eigenvalue weighted by Crippen LogP contribution is -2.26. The molecule has 3 nitrogen and oxygen atoms in total. The number of aromatic nitrogens is 2. The molecule has 1 aliphatic rings. The van der Waals surface area contributed by atoms with Crippen molar-refractivity contribution < 1.29 is 0 Å². The van der Waals surface area contributed by atoms with Gasteiger partial charge in [0.1, 0.15) is 4.83 Å². The number of H-pyrrole nitrogens is 1. The van der Waals surface area contributed by atoms with Crippen LogP contribution in [0.4, 0.5) is 0 Å². The minimum Gasteiger partial charge on any atom is -0.323 e. The van der Waals surface area contributed by atoms with Crippen molar-refractivity contribution in [3.63, 3.8) is 0 Å². The molecule has 0 aliphatic heterocycles. The molecule has 2 aromatic rings. The maximum absolute atomic E-state index is 12.5. The van der Waals surface area contributed by atoms with Crippen LogP contribution in [-0.4, -0.2) is 9.55 Å². The van der Waals surface area contributed by atoms with Gasteiger partial charge in [-0.3, -0.25) is 9.36 Å². The summed E-state index contributed by atoms with van der Waals surface area (Å²) in [5, 5.41) is 2.70. The third kappa shape index (κ3) is 2.06. The Hall–Kier alpha value is -0.940. The first-order valence-electron chi connectivity index (χ1n) is 6.42. The number of rotatable bonds is 4. The van der Waals surface area contributed by atoms with E-state index >= 15 is 0 Å². The Morgan fingerprint density at radius 3 is 3.06 bits per heavy atom. The van der Waals surface area contributed by atoms with Crippen molar-refractivity contribution in [3.05, 3.63) is 26.6 Å². The van der Waals surface area contributed by atoms with Crippen molar-refractivity contribution in [2.24, 2.45) is 5.92 Å². The van der Waals surface area contributed by atoms with Gasteiger partial charge in [0, 0.05) is 6.04 Å².